The second kappa shape index (κ2) is 7.74. The minimum absolute atomic E-state index is 0.0515. The molecule has 0 fully saturated rings. The number of H-pyrrole nitrogens is 1. The van der Waals surface area contributed by atoms with Gasteiger partial charge in [0.25, 0.3) is 0 Å². The Morgan fingerprint density at radius 1 is 1.40 bits per heavy atom. The zero-order valence-corrected chi connectivity index (χ0v) is 15.2. The highest BCUT2D eigenvalue weighted by Gasteiger charge is 2.28. The highest BCUT2D eigenvalue weighted by atomic mass is 32.2. The second-order valence-electron chi connectivity index (χ2n) is 6.18. The molecule has 0 bridgehead atoms. The summed E-state index contributed by atoms with van der Waals surface area (Å²) in [7, 11) is 0. The molecule has 6 nitrogen and oxygen atoms in total. The molecule has 1 atom stereocenters. The van der Waals surface area contributed by atoms with Crippen molar-refractivity contribution >= 4 is 23.6 Å². The van der Waals surface area contributed by atoms with Crippen molar-refractivity contribution in [2.75, 3.05) is 12.8 Å². The molecule has 0 spiro atoms. The molecular formula is C18H22N4O2S. The van der Waals surface area contributed by atoms with E-state index in [1.807, 2.05) is 4.90 Å². The lowest BCUT2D eigenvalue weighted by molar-refractivity contribution is -0.136. The summed E-state index contributed by atoms with van der Waals surface area (Å²) in [5, 5.41) is 2.78. The van der Waals surface area contributed by atoms with Gasteiger partial charge in [-0.1, -0.05) is 6.07 Å². The zero-order chi connectivity index (χ0) is 17.8. The first-order valence-electron chi connectivity index (χ1n) is 8.25. The third-order valence-corrected chi connectivity index (χ3v) is 5.12. The predicted octanol–water partition coefficient (Wildman–Crippen LogP) is 1.76. The number of carbonyl (C=O) groups excluding carboxylic acids is 2. The summed E-state index contributed by atoms with van der Waals surface area (Å²) >= 11 is 1.73. The Morgan fingerprint density at radius 3 is 2.92 bits per heavy atom. The fourth-order valence-corrected chi connectivity index (χ4v) is 3.59. The van der Waals surface area contributed by atoms with Gasteiger partial charge in [0.15, 0.2) is 0 Å². The summed E-state index contributed by atoms with van der Waals surface area (Å²) < 4.78 is 0. The molecule has 2 amide bonds. The number of hydrogen-bond donors (Lipinski definition) is 2. The summed E-state index contributed by atoms with van der Waals surface area (Å²) in [4.78, 5) is 34.5. The van der Waals surface area contributed by atoms with Gasteiger partial charge in [0.1, 0.15) is 6.04 Å². The number of nitrogens with zero attached hydrogens (tertiary/aromatic N) is 2. The van der Waals surface area contributed by atoms with Crippen LogP contribution in [-0.2, 0) is 29.0 Å². The highest BCUT2D eigenvalue weighted by molar-refractivity contribution is 7.98. The van der Waals surface area contributed by atoms with Gasteiger partial charge in [-0.3, -0.25) is 9.59 Å². The molecule has 0 aliphatic carbocycles. The number of carbonyl (C=O) groups is 2. The summed E-state index contributed by atoms with van der Waals surface area (Å²) in [6.07, 6.45) is 6.57. The fraction of sp³-hybridized carbons (Fsp3) is 0.389. The largest absolute Gasteiger partial charge is 0.348 e. The lowest BCUT2D eigenvalue weighted by Crippen LogP contribution is -2.50. The van der Waals surface area contributed by atoms with Crippen molar-refractivity contribution in [2.24, 2.45) is 0 Å². The Bertz CT molecular complexity index is 760. The van der Waals surface area contributed by atoms with Gasteiger partial charge >= 0.3 is 0 Å². The molecule has 7 heteroatoms. The van der Waals surface area contributed by atoms with E-state index in [9.17, 15) is 9.59 Å². The van der Waals surface area contributed by atoms with Crippen molar-refractivity contribution < 1.29 is 9.59 Å². The normalized spacial score (nSPS) is 14.7. The van der Waals surface area contributed by atoms with Crippen LogP contribution in [0.1, 0.15) is 23.7 Å². The van der Waals surface area contributed by atoms with Gasteiger partial charge in [0.2, 0.25) is 11.8 Å². The Labute approximate surface area is 151 Å². The number of imidazole rings is 1. The Morgan fingerprint density at radius 2 is 2.24 bits per heavy atom. The van der Waals surface area contributed by atoms with Gasteiger partial charge in [-0.05, 0) is 35.9 Å². The number of amides is 2. The Hall–Kier alpha value is -2.28. The maximum atomic E-state index is 13.0. The smallest absolute Gasteiger partial charge is 0.245 e. The summed E-state index contributed by atoms with van der Waals surface area (Å²) in [6.45, 7) is 2.69. The van der Waals surface area contributed by atoms with Crippen molar-refractivity contribution in [1.82, 2.24) is 20.2 Å². The van der Waals surface area contributed by atoms with Crippen LogP contribution in [0.3, 0.4) is 0 Å². The van der Waals surface area contributed by atoms with Crippen molar-refractivity contribution in [3.63, 3.8) is 0 Å². The molecule has 1 aliphatic heterocycles. The quantitative estimate of drug-likeness (QED) is 0.799. The lowest BCUT2D eigenvalue weighted by atomic mass is 9.98. The molecule has 2 N–H and O–H groups in total. The van der Waals surface area contributed by atoms with Crippen LogP contribution >= 0.6 is 11.8 Å². The first-order valence-corrected chi connectivity index (χ1v) is 9.48. The van der Waals surface area contributed by atoms with E-state index in [2.05, 4.69) is 39.7 Å². The van der Waals surface area contributed by atoms with E-state index in [0.29, 0.717) is 19.5 Å². The minimum atomic E-state index is -0.579. The molecule has 0 saturated carbocycles. The van der Waals surface area contributed by atoms with Gasteiger partial charge < -0.3 is 15.2 Å². The van der Waals surface area contributed by atoms with Crippen LogP contribution in [0.2, 0.25) is 0 Å². The van der Waals surface area contributed by atoms with E-state index in [1.165, 1.54) is 22.9 Å². The molecule has 2 aromatic rings. The minimum Gasteiger partial charge on any atom is -0.348 e. The lowest BCUT2D eigenvalue weighted by Gasteiger charge is -2.32. The molecule has 1 aromatic heterocycles. The third-order valence-electron chi connectivity index (χ3n) is 4.39. The fourth-order valence-electron chi connectivity index (χ4n) is 3.13. The molecule has 0 unspecified atom stereocenters. The number of thioether (sulfide) groups is 1. The van der Waals surface area contributed by atoms with Gasteiger partial charge in [-0.15, -0.1) is 11.8 Å². The number of benzene rings is 1. The van der Waals surface area contributed by atoms with E-state index < -0.39 is 6.04 Å². The predicted molar refractivity (Wildman–Crippen MR) is 97.2 cm³/mol. The van der Waals surface area contributed by atoms with Crippen molar-refractivity contribution in [3.8, 4) is 0 Å². The summed E-state index contributed by atoms with van der Waals surface area (Å²) in [5.41, 5.74) is 3.31. The number of aromatic amines is 1. The van der Waals surface area contributed by atoms with E-state index in [1.54, 1.807) is 24.3 Å². The van der Waals surface area contributed by atoms with Crippen LogP contribution in [0.15, 0.2) is 35.6 Å². The van der Waals surface area contributed by atoms with Gasteiger partial charge in [-0.25, -0.2) is 4.98 Å². The SMILES string of the molecule is CSc1ccc2c(c1)CCN(C(=O)[C@H](Cc1cnc[nH]1)NC(C)=O)C2. The molecule has 0 saturated heterocycles. The van der Waals surface area contributed by atoms with Gasteiger partial charge in [0, 0.05) is 43.2 Å². The molecule has 25 heavy (non-hydrogen) atoms. The zero-order valence-electron chi connectivity index (χ0n) is 14.4. The van der Waals surface area contributed by atoms with E-state index in [-0.39, 0.29) is 11.8 Å². The monoisotopic (exact) mass is 358 g/mol. The number of nitrogens with one attached hydrogen (secondary N) is 2. The van der Waals surface area contributed by atoms with Crippen molar-refractivity contribution in [2.45, 2.75) is 37.2 Å². The molecule has 1 aromatic carbocycles. The van der Waals surface area contributed by atoms with Crippen LogP contribution in [-0.4, -0.2) is 45.5 Å². The maximum absolute atomic E-state index is 13.0. The molecule has 0 radical (unpaired) electrons. The van der Waals surface area contributed by atoms with Crippen LogP contribution in [0, 0.1) is 0 Å². The summed E-state index contributed by atoms with van der Waals surface area (Å²) in [6, 6.07) is 5.82. The first kappa shape index (κ1) is 17.5. The molecule has 132 valence electrons. The maximum Gasteiger partial charge on any atom is 0.245 e. The van der Waals surface area contributed by atoms with E-state index >= 15 is 0 Å². The van der Waals surface area contributed by atoms with Crippen LogP contribution in [0.25, 0.3) is 0 Å². The number of aromatic nitrogens is 2. The standard InChI is InChI=1S/C18H22N4O2S/c1-12(23)21-17(8-15-9-19-11-20-15)18(24)22-6-5-13-7-16(25-2)4-3-14(13)10-22/h3-4,7,9,11,17H,5-6,8,10H2,1-2H3,(H,19,20)(H,21,23)/t17-/m0/s1. The Kier molecular flexibility index (Phi) is 5.43. The van der Waals surface area contributed by atoms with Gasteiger partial charge in [0.05, 0.1) is 6.33 Å². The number of rotatable bonds is 5. The van der Waals surface area contributed by atoms with Crippen molar-refractivity contribution in [1.29, 1.82) is 0 Å². The first-order chi connectivity index (χ1) is 12.1. The van der Waals surface area contributed by atoms with Crippen LogP contribution in [0.4, 0.5) is 0 Å². The van der Waals surface area contributed by atoms with Crippen LogP contribution < -0.4 is 5.32 Å². The van der Waals surface area contributed by atoms with E-state index in [0.717, 1.165) is 12.1 Å². The topological polar surface area (TPSA) is 78.1 Å². The van der Waals surface area contributed by atoms with Crippen molar-refractivity contribution in [3.05, 3.63) is 47.5 Å². The summed E-state index contributed by atoms with van der Waals surface area (Å²) in [5.74, 6) is -0.260. The number of hydrogen-bond acceptors (Lipinski definition) is 4. The second-order valence-corrected chi connectivity index (χ2v) is 7.06. The molecule has 2 heterocycles. The molecule has 1 aliphatic rings. The average Bonchev–Trinajstić information content (AvgIpc) is 3.12. The molecular weight excluding hydrogens is 336 g/mol. The number of fused-ring (bicyclic) bond motifs is 1. The van der Waals surface area contributed by atoms with E-state index in [4.69, 9.17) is 0 Å². The highest BCUT2D eigenvalue weighted by Crippen LogP contribution is 2.25. The third kappa shape index (κ3) is 4.22. The average molecular weight is 358 g/mol. The molecule has 3 rings (SSSR count). The van der Waals surface area contributed by atoms with Gasteiger partial charge in [-0.2, -0.15) is 0 Å². The Balaban J connectivity index is 1.74. The van der Waals surface area contributed by atoms with Crippen LogP contribution in [0.5, 0.6) is 0 Å².